The molecule has 38 heavy (non-hydrogen) atoms. The molecule has 0 saturated carbocycles. The number of benzene rings is 2. The van der Waals surface area contributed by atoms with Gasteiger partial charge in [0.2, 0.25) is 21.8 Å². The van der Waals surface area contributed by atoms with Crippen LogP contribution < -0.4 is 9.62 Å². The molecule has 7 nitrogen and oxygen atoms in total. The molecule has 0 bridgehead atoms. The lowest BCUT2D eigenvalue weighted by molar-refractivity contribution is -0.141. The number of hydrogen-bond acceptors (Lipinski definition) is 4. The van der Waals surface area contributed by atoms with Crippen molar-refractivity contribution in [2.75, 3.05) is 17.1 Å². The molecular formula is C26H33Cl4N3O4S. The van der Waals surface area contributed by atoms with Crippen LogP contribution in [-0.2, 0) is 26.2 Å². The molecule has 2 unspecified atom stereocenters. The molecule has 2 rings (SSSR count). The minimum absolute atomic E-state index is 0.00110. The van der Waals surface area contributed by atoms with E-state index >= 15 is 0 Å². The van der Waals surface area contributed by atoms with Crippen LogP contribution in [-0.4, -0.2) is 50.0 Å². The van der Waals surface area contributed by atoms with Gasteiger partial charge in [-0.2, -0.15) is 0 Å². The van der Waals surface area contributed by atoms with Crippen LogP contribution in [0, 0.1) is 0 Å². The van der Waals surface area contributed by atoms with Crippen LogP contribution in [0.3, 0.4) is 0 Å². The highest BCUT2D eigenvalue weighted by Gasteiger charge is 2.29. The molecule has 0 spiro atoms. The Hall–Kier alpha value is -1.71. The fourth-order valence-electron chi connectivity index (χ4n) is 3.85. The largest absolute Gasteiger partial charge is 0.352 e. The molecule has 0 radical (unpaired) electrons. The lowest BCUT2D eigenvalue weighted by atomic mass is 10.1. The first-order chi connectivity index (χ1) is 17.8. The Kier molecular flexibility index (Phi) is 12.5. The molecule has 0 fully saturated rings. The summed E-state index contributed by atoms with van der Waals surface area (Å²) in [7, 11) is -3.71. The first-order valence-corrected chi connectivity index (χ1v) is 15.6. The van der Waals surface area contributed by atoms with E-state index in [-0.39, 0.29) is 54.5 Å². The van der Waals surface area contributed by atoms with Gasteiger partial charge in [-0.15, -0.1) is 0 Å². The van der Waals surface area contributed by atoms with Crippen molar-refractivity contribution in [3.8, 4) is 0 Å². The molecule has 1 N–H and O–H groups in total. The summed E-state index contributed by atoms with van der Waals surface area (Å²) in [4.78, 5) is 28.1. The van der Waals surface area contributed by atoms with E-state index in [0.717, 1.165) is 17.0 Å². The summed E-state index contributed by atoms with van der Waals surface area (Å²) in [5.41, 5.74) is 0.951. The van der Waals surface area contributed by atoms with Crippen LogP contribution >= 0.6 is 46.4 Å². The molecule has 0 aliphatic rings. The van der Waals surface area contributed by atoms with Crippen molar-refractivity contribution in [1.82, 2.24) is 10.2 Å². The van der Waals surface area contributed by atoms with Crippen molar-refractivity contribution < 1.29 is 18.0 Å². The van der Waals surface area contributed by atoms with E-state index in [1.54, 1.807) is 24.3 Å². The van der Waals surface area contributed by atoms with E-state index in [4.69, 9.17) is 46.4 Å². The number of amides is 2. The lowest BCUT2D eigenvalue weighted by Gasteiger charge is -2.32. The molecule has 0 heterocycles. The summed E-state index contributed by atoms with van der Waals surface area (Å²) in [6, 6.07) is 8.83. The van der Waals surface area contributed by atoms with Crippen molar-refractivity contribution in [1.29, 1.82) is 0 Å². The van der Waals surface area contributed by atoms with Crippen LogP contribution in [0.2, 0.25) is 20.1 Å². The zero-order valence-corrected chi connectivity index (χ0v) is 25.6. The van der Waals surface area contributed by atoms with Crippen LogP contribution in [0.5, 0.6) is 0 Å². The van der Waals surface area contributed by atoms with Gasteiger partial charge in [0.1, 0.15) is 6.04 Å². The molecule has 2 atom stereocenters. The smallest absolute Gasteiger partial charge is 0.243 e. The summed E-state index contributed by atoms with van der Waals surface area (Å²) >= 11 is 24.6. The molecule has 0 aliphatic heterocycles. The fraction of sp³-hybridized carbons (Fsp3) is 0.462. The third-order valence-electron chi connectivity index (χ3n) is 6.05. The van der Waals surface area contributed by atoms with E-state index in [0.29, 0.717) is 27.1 Å². The number of halogens is 4. The monoisotopic (exact) mass is 623 g/mol. The molecular weight excluding hydrogens is 592 g/mol. The van der Waals surface area contributed by atoms with Gasteiger partial charge in [-0.3, -0.25) is 13.9 Å². The summed E-state index contributed by atoms with van der Waals surface area (Å²) in [5, 5.41) is 4.24. The zero-order valence-electron chi connectivity index (χ0n) is 21.8. The number of anilines is 1. The van der Waals surface area contributed by atoms with Gasteiger partial charge in [-0.25, -0.2) is 8.42 Å². The van der Waals surface area contributed by atoms with Gasteiger partial charge in [0.05, 0.1) is 27.0 Å². The average Bonchev–Trinajstić information content (AvgIpc) is 2.84. The number of hydrogen-bond donors (Lipinski definition) is 1. The second-order valence-corrected chi connectivity index (χ2v) is 12.6. The van der Waals surface area contributed by atoms with Crippen molar-refractivity contribution in [3.63, 3.8) is 0 Å². The second-order valence-electron chi connectivity index (χ2n) is 9.05. The quantitative estimate of drug-likeness (QED) is 0.273. The van der Waals surface area contributed by atoms with E-state index in [9.17, 15) is 18.0 Å². The number of sulfonamides is 1. The minimum atomic E-state index is -3.71. The van der Waals surface area contributed by atoms with Crippen molar-refractivity contribution >= 4 is 73.9 Å². The van der Waals surface area contributed by atoms with E-state index in [1.807, 2.05) is 20.8 Å². The van der Waals surface area contributed by atoms with Gasteiger partial charge in [-0.05, 0) is 62.1 Å². The predicted octanol–water partition coefficient (Wildman–Crippen LogP) is 6.57. The van der Waals surface area contributed by atoms with Gasteiger partial charge < -0.3 is 10.2 Å². The van der Waals surface area contributed by atoms with Gasteiger partial charge in [-0.1, -0.05) is 66.3 Å². The molecule has 2 amide bonds. The summed E-state index contributed by atoms with van der Waals surface area (Å²) in [6.07, 6.45) is 2.39. The number of rotatable bonds is 13. The summed E-state index contributed by atoms with van der Waals surface area (Å²) in [5.74, 6) is -0.549. The first-order valence-electron chi connectivity index (χ1n) is 12.2. The van der Waals surface area contributed by atoms with E-state index in [2.05, 4.69) is 5.32 Å². The highest BCUT2D eigenvalue weighted by molar-refractivity contribution is 7.92. The Morgan fingerprint density at radius 1 is 0.947 bits per heavy atom. The van der Waals surface area contributed by atoms with Crippen molar-refractivity contribution in [2.45, 2.75) is 65.1 Å². The molecule has 0 aliphatic carbocycles. The van der Waals surface area contributed by atoms with Gasteiger partial charge >= 0.3 is 0 Å². The maximum absolute atomic E-state index is 13.5. The third kappa shape index (κ3) is 9.19. The fourth-order valence-corrected chi connectivity index (χ4v) is 5.58. The molecule has 2 aromatic carbocycles. The minimum Gasteiger partial charge on any atom is -0.352 e. The Morgan fingerprint density at radius 2 is 1.61 bits per heavy atom. The highest BCUT2D eigenvalue weighted by Crippen LogP contribution is 2.31. The lowest BCUT2D eigenvalue weighted by Crippen LogP contribution is -2.50. The van der Waals surface area contributed by atoms with Gasteiger partial charge in [0.25, 0.3) is 0 Å². The second kappa shape index (κ2) is 14.6. The summed E-state index contributed by atoms with van der Waals surface area (Å²) in [6.45, 7) is 5.84. The Bertz CT molecular complexity index is 1240. The van der Waals surface area contributed by atoms with Gasteiger partial charge in [0.15, 0.2) is 0 Å². The standard InChI is InChI=1S/C26H33Cl4N3O4S/c1-5-17(3)31-26(35)23(6-2)32(16-18-9-11-20(28)22(30)14-18)25(34)8-7-13-33(38(4,36)37)24-15-19(27)10-12-21(24)29/h9-12,14-15,17,23H,5-8,13,16H2,1-4H3,(H,31,35). The molecule has 12 heteroatoms. The van der Waals surface area contributed by atoms with Crippen LogP contribution in [0.4, 0.5) is 5.69 Å². The molecule has 210 valence electrons. The SMILES string of the molecule is CCC(C)NC(=O)C(CC)N(Cc1ccc(Cl)c(Cl)c1)C(=O)CCCN(c1cc(Cl)ccc1Cl)S(C)(=O)=O. The highest BCUT2D eigenvalue weighted by atomic mass is 35.5. The van der Waals surface area contributed by atoms with Crippen LogP contribution in [0.1, 0.15) is 52.0 Å². The van der Waals surface area contributed by atoms with E-state index < -0.39 is 16.1 Å². The Balaban J connectivity index is 2.29. The predicted molar refractivity (Wildman–Crippen MR) is 157 cm³/mol. The Morgan fingerprint density at radius 3 is 2.18 bits per heavy atom. The molecule has 0 aromatic heterocycles. The number of nitrogens with one attached hydrogen (secondary N) is 1. The van der Waals surface area contributed by atoms with Crippen molar-refractivity contribution in [2.24, 2.45) is 0 Å². The molecule has 2 aromatic rings. The summed E-state index contributed by atoms with van der Waals surface area (Å²) < 4.78 is 26.2. The zero-order chi connectivity index (χ0) is 28.6. The number of carbonyl (C=O) groups is 2. The Labute approximate surface area is 245 Å². The van der Waals surface area contributed by atoms with Crippen LogP contribution in [0.15, 0.2) is 36.4 Å². The number of carbonyl (C=O) groups excluding carboxylic acids is 2. The topological polar surface area (TPSA) is 86.8 Å². The third-order valence-corrected chi connectivity index (χ3v) is 8.53. The normalized spacial score (nSPS) is 13.1. The van der Waals surface area contributed by atoms with Gasteiger partial charge in [0, 0.05) is 30.6 Å². The maximum Gasteiger partial charge on any atom is 0.243 e. The maximum atomic E-state index is 13.5. The number of nitrogens with zero attached hydrogens (tertiary/aromatic N) is 2. The first kappa shape index (κ1) is 32.5. The average molecular weight is 625 g/mol. The van der Waals surface area contributed by atoms with Crippen LogP contribution in [0.25, 0.3) is 0 Å². The molecule has 0 saturated heterocycles. The van der Waals surface area contributed by atoms with E-state index in [1.165, 1.54) is 17.0 Å². The van der Waals surface area contributed by atoms with Crippen molar-refractivity contribution in [3.05, 3.63) is 62.1 Å².